The molecule has 3 N–H and O–H groups in total. The van der Waals surface area contributed by atoms with Gasteiger partial charge in [0.25, 0.3) is 5.78 Å². The Bertz CT molecular complexity index is 1020. The van der Waals surface area contributed by atoms with Crippen LogP contribution in [0.15, 0.2) is 12.1 Å². The van der Waals surface area contributed by atoms with Crippen molar-refractivity contribution in [2.24, 2.45) is 0 Å². The molecule has 10 nitrogen and oxygen atoms in total. The molecule has 0 saturated heterocycles. The van der Waals surface area contributed by atoms with E-state index in [9.17, 15) is 29.1 Å². The third kappa shape index (κ3) is 2.44. The number of hydrogen-bond acceptors (Lipinski definition) is 7. The lowest BCUT2D eigenvalue weighted by Crippen LogP contribution is -2.25. The van der Waals surface area contributed by atoms with Crippen LogP contribution in [0.1, 0.15) is 59.1 Å². The summed E-state index contributed by atoms with van der Waals surface area (Å²) in [6, 6.07) is 1.87. The SMILES string of the molecule is CCOC(=O)c1cc2c([nH]1)-c1c(C(=O)O)cc(C(=O)O)nc1C(=O)C2=O. The highest BCUT2D eigenvalue weighted by Gasteiger charge is 2.38. The van der Waals surface area contributed by atoms with Crippen LogP contribution in [-0.4, -0.2) is 56.3 Å². The number of aromatic nitrogens is 2. The van der Waals surface area contributed by atoms with Crippen molar-refractivity contribution >= 4 is 29.5 Å². The van der Waals surface area contributed by atoms with Gasteiger partial charge in [0.15, 0.2) is 0 Å². The molecule has 0 unspecified atom stereocenters. The first-order valence-corrected chi connectivity index (χ1v) is 7.27. The standard InChI is InChI=1S/C16H10N2O8/c1-2-26-16(25)8-4-6-10(18-8)9-5(14(21)22)3-7(15(23)24)17-11(9)13(20)12(6)19/h3-4,18H,2H2,1H3,(H,21,22)(H,23,24). The number of aromatic carboxylic acids is 2. The number of esters is 1. The van der Waals surface area contributed by atoms with Gasteiger partial charge in [0.1, 0.15) is 17.1 Å². The van der Waals surface area contributed by atoms with Gasteiger partial charge in [-0.1, -0.05) is 0 Å². The smallest absolute Gasteiger partial charge is 0.354 e. The highest BCUT2D eigenvalue weighted by atomic mass is 16.5. The highest BCUT2D eigenvalue weighted by Crippen LogP contribution is 2.36. The molecule has 0 spiro atoms. The molecule has 26 heavy (non-hydrogen) atoms. The average molecular weight is 358 g/mol. The first-order valence-electron chi connectivity index (χ1n) is 7.27. The molecule has 0 atom stereocenters. The lowest BCUT2D eigenvalue weighted by Gasteiger charge is -2.16. The van der Waals surface area contributed by atoms with Gasteiger partial charge < -0.3 is 19.9 Å². The van der Waals surface area contributed by atoms with E-state index in [0.29, 0.717) is 0 Å². The van der Waals surface area contributed by atoms with E-state index in [1.807, 2.05) is 0 Å². The number of rotatable bonds is 4. The fourth-order valence-corrected chi connectivity index (χ4v) is 2.62. The first-order chi connectivity index (χ1) is 12.3. The molecular formula is C16H10N2O8. The van der Waals surface area contributed by atoms with Crippen LogP contribution in [0.4, 0.5) is 0 Å². The summed E-state index contributed by atoms with van der Waals surface area (Å²) in [5, 5.41) is 18.5. The predicted molar refractivity (Wildman–Crippen MR) is 82.6 cm³/mol. The van der Waals surface area contributed by atoms with Crippen LogP contribution in [0.2, 0.25) is 0 Å². The molecule has 0 bridgehead atoms. The molecule has 0 aliphatic heterocycles. The molecule has 0 saturated carbocycles. The number of ether oxygens (including phenoxy) is 1. The number of fused-ring (bicyclic) bond motifs is 3. The van der Waals surface area contributed by atoms with E-state index in [2.05, 4.69) is 9.97 Å². The Morgan fingerprint density at radius 2 is 1.81 bits per heavy atom. The molecule has 0 fully saturated rings. The monoisotopic (exact) mass is 358 g/mol. The number of Topliss-reactive ketones (excluding diaryl/α,β-unsaturated/α-hetero) is 2. The van der Waals surface area contributed by atoms with Crippen molar-refractivity contribution in [3.63, 3.8) is 0 Å². The summed E-state index contributed by atoms with van der Waals surface area (Å²) in [4.78, 5) is 65.3. The summed E-state index contributed by atoms with van der Waals surface area (Å²) in [6.07, 6.45) is 0. The molecule has 2 aromatic rings. The topological polar surface area (TPSA) is 164 Å². The minimum absolute atomic E-state index is 0.0654. The second kappa shape index (κ2) is 5.92. The second-order valence-corrected chi connectivity index (χ2v) is 5.24. The predicted octanol–water partition coefficient (Wildman–Crippen LogP) is 1.03. The summed E-state index contributed by atoms with van der Waals surface area (Å²) < 4.78 is 4.81. The minimum Gasteiger partial charge on any atom is -0.478 e. The Labute approximate surface area is 144 Å². The van der Waals surface area contributed by atoms with Gasteiger partial charge in [-0.3, -0.25) is 9.59 Å². The summed E-state index contributed by atoms with van der Waals surface area (Å²) in [7, 11) is 0. The van der Waals surface area contributed by atoms with Crippen LogP contribution in [0.5, 0.6) is 0 Å². The number of H-pyrrole nitrogens is 1. The fraction of sp³-hybridized carbons (Fsp3) is 0.125. The number of hydrogen-bond donors (Lipinski definition) is 3. The van der Waals surface area contributed by atoms with E-state index in [1.165, 1.54) is 0 Å². The molecule has 10 heteroatoms. The number of ketones is 2. The molecular weight excluding hydrogens is 348 g/mol. The number of carboxylic acid groups (broad SMARTS) is 2. The van der Waals surface area contributed by atoms with Crippen LogP contribution >= 0.6 is 0 Å². The molecule has 1 aliphatic rings. The number of carbonyl (C=O) groups excluding carboxylic acids is 3. The third-order valence-corrected chi connectivity index (χ3v) is 3.70. The van der Waals surface area contributed by atoms with Crippen molar-refractivity contribution in [3.05, 3.63) is 40.3 Å². The lowest BCUT2D eigenvalue weighted by atomic mass is 9.88. The summed E-state index contributed by atoms with van der Waals surface area (Å²) in [6.45, 7) is 1.64. The normalized spacial score (nSPS) is 12.3. The quantitative estimate of drug-likeness (QED) is 0.534. The van der Waals surface area contributed by atoms with Gasteiger partial charge in [0, 0.05) is 5.56 Å². The molecule has 2 aromatic heterocycles. The average Bonchev–Trinajstić information content (AvgIpc) is 3.04. The van der Waals surface area contributed by atoms with Crippen LogP contribution in [0.25, 0.3) is 11.3 Å². The Balaban J connectivity index is 2.33. The van der Waals surface area contributed by atoms with Crippen LogP contribution in [0, 0.1) is 0 Å². The van der Waals surface area contributed by atoms with Gasteiger partial charge in [-0.25, -0.2) is 19.4 Å². The van der Waals surface area contributed by atoms with Gasteiger partial charge in [-0.05, 0) is 19.1 Å². The second-order valence-electron chi connectivity index (χ2n) is 5.24. The molecule has 3 rings (SSSR count). The maximum absolute atomic E-state index is 12.3. The van der Waals surface area contributed by atoms with Gasteiger partial charge in [-0.15, -0.1) is 0 Å². The zero-order chi connectivity index (χ0) is 19.2. The van der Waals surface area contributed by atoms with Gasteiger partial charge in [0.2, 0.25) is 5.78 Å². The van der Waals surface area contributed by atoms with Crippen molar-refractivity contribution in [1.29, 1.82) is 0 Å². The van der Waals surface area contributed by atoms with Crippen LogP contribution in [-0.2, 0) is 4.74 Å². The molecule has 2 heterocycles. The third-order valence-electron chi connectivity index (χ3n) is 3.70. The zero-order valence-corrected chi connectivity index (χ0v) is 13.2. The van der Waals surface area contributed by atoms with E-state index in [-0.39, 0.29) is 29.1 Å². The number of aromatic amines is 1. The largest absolute Gasteiger partial charge is 0.478 e. The maximum Gasteiger partial charge on any atom is 0.354 e. The van der Waals surface area contributed by atoms with Crippen molar-refractivity contribution < 1.29 is 38.9 Å². The Hall–Kier alpha value is -3.82. The van der Waals surface area contributed by atoms with Crippen molar-refractivity contribution in [2.75, 3.05) is 6.61 Å². The molecule has 0 aromatic carbocycles. The first kappa shape index (κ1) is 17.0. The molecule has 1 aliphatic carbocycles. The van der Waals surface area contributed by atoms with E-state index < -0.39 is 46.4 Å². The Kier molecular flexibility index (Phi) is 3.87. The maximum atomic E-state index is 12.3. The molecule has 132 valence electrons. The zero-order valence-electron chi connectivity index (χ0n) is 13.2. The lowest BCUT2D eigenvalue weighted by molar-refractivity contribution is 0.0519. The van der Waals surface area contributed by atoms with Crippen LogP contribution in [0.3, 0.4) is 0 Å². The van der Waals surface area contributed by atoms with E-state index in [0.717, 1.165) is 12.1 Å². The molecule has 0 amide bonds. The molecule has 0 radical (unpaired) electrons. The Morgan fingerprint density at radius 1 is 1.12 bits per heavy atom. The van der Waals surface area contributed by atoms with Gasteiger partial charge in [0.05, 0.1) is 23.4 Å². The van der Waals surface area contributed by atoms with E-state index in [4.69, 9.17) is 9.84 Å². The van der Waals surface area contributed by atoms with Gasteiger partial charge in [-0.2, -0.15) is 0 Å². The Morgan fingerprint density at radius 3 is 2.38 bits per heavy atom. The van der Waals surface area contributed by atoms with E-state index >= 15 is 0 Å². The number of carbonyl (C=O) groups is 5. The number of nitrogens with one attached hydrogen (secondary N) is 1. The summed E-state index contributed by atoms with van der Waals surface area (Å²) >= 11 is 0. The number of carboxylic acids is 2. The van der Waals surface area contributed by atoms with Crippen molar-refractivity contribution in [2.45, 2.75) is 6.92 Å². The van der Waals surface area contributed by atoms with Crippen molar-refractivity contribution in [3.8, 4) is 11.3 Å². The van der Waals surface area contributed by atoms with E-state index in [1.54, 1.807) is 6.92 Å². The highest BCUT2D eigenvalue weighted by molar-refractivity contribution is 6.52. The van der Waals surface area contributed by atoms with Crippen molar-refractivity contribution in [1.82, 2.24) is 9.97 Å². The summed E-state index contributed by atoms with van der Waals surface area (Å²) in [5.41, 5.74) is -2.54. The van der Waals surface area contributed by atoms with Crippen LogP contribution < -0.4 is 0 Å². The summed E-state index contributed by atoms with van der Waals surface area (Å²) in [5.74, 6) is -6.07. The fourth-order valence-electron chi connectivity index (χ4n) is 2.62. The van der Waals surface area contributed by atoms with Gasteiger partial charge >= 0.3 is 17.9 Å². The minimum atomic E-state index is -1.56. The number of pyridine rings is 1. The number of nitrogens with zero attached hydrogens (tertiary/aromatic N) is 1.